The van der Waals surface area contributed by atoms with Crippen molar-refractivity contribution in [2.45, 2.75) is 25.5 Å². The molecule has 1 amide bonds. The molecule has 0 bridgehead atoms. The van der Waals surface area contributed by atoms with Gasteiger partial charge < -0.3 is 5.32 Å². The van der Waals surface area contributed by atoms with Crippen molar-refractivity contribution in [1.29, 1.82) is 0 Å². The van der Waals surface area contributed by atoms with Gasteiger partial charge in [-0.15, -0.1) is 0 Å². The first kappa shape index (κ1) is 21.7. The minimum absolute atomic E-state index is 0.0227. The molecule has 1 fully saturated rings. The van der Waals surface area contributed by atoms with Crippen LogP contribution in [0.5, 0.6) is 0 Å². The number of amides is 1. The third-order valence-electron chi connectivity index (χ3n) is 4.90. The summed E-state index contributed by atoms with van der Waals surface area (Å²) in [5.74, 6) is -0.227. The molecule has 3 rings (SSSR count). The van der Waals surface area contributed by atoms with Gasteiger partial charge in [0.25, 0.3) is 0 Å². The molecule has 0 atom stereocenters. The van der Waals surface area contributed by atoms with Gasteiger partial charge in [0.15, 0.2) is 0 Å². The first-order chi connectivity index (χ1) is 13.2. The monoisotopic (exact) mass is 576 g/mol. The summed E-state index contributed by atoms with van der Waals surface area (Å²) in [5.41, 5.74) is 2.59. The summed E-state index contributed by atoms with van der Waals surface area (Å²) in [4.78, 5) is 12.6. The minimum atomic E-state index is -3.39. The zero-order chi connectivity index (χ0) is 20.3. The molecule has 8 heteroatoms. The van der Waals surface area contributed by atoms with E-state index in [0.717, 1.165) is 24.9 Å². The number of nitrogens with one attached hydrogen (secondary N) is 1. The highest BCUT2D eigenvalue weighted by molar-refractivity contribution is 14.1. The van der Waals surface area contributed by atoms with Crippen molar-refractivity contribution in [3.05, 3.63) is 61.6 Å². The van der Waals surface area contributed by atoms with Crippen molar-refractivity contribution in [3.63, 3.8) is 0 Å². The molecule has 150 valence electrons. The van der Waals surface area contributed by atoms with Gasteiger partial charge in [-0.3, -0.25) is 4.79 Å². The highest BCUT2D eigenvalue weighted by Crippen LogP contribution is 2.25. The van der Waals surface area contributed by atoms with E-state index >= 15 is 0 Å². The number of rotatable bonds is 5. The molecule has 1 saturated heterocycles. The van der Waals surface area contributed by atoms with Gasteiger partial charge in [-0.05, 0) is 83.8 Å². The number of aryl methyl sites for hydroxylation is 1. The Balaban J connectivity index is 1.58. The van der Waals surface area contributed by atoms with Crippen LogP contribution in [0.25, 0.3) is 0 Å². The average molecular weight is 577 g/mol. The van der Waals surface area contributed by atoms with E-state index in [1.165, 1.54) is 4.31 Å². The van der Waals surface area contributed by atoms with Crippen LogP contribution in [0, 0.1) is 16.4 Å². The lowest BCUT2D eigenvalue weighted by Crippen LogP contribution is -2.41. The Kier molecular flexibility index (Phi) is 7.17. The number of benzene rings is 2. The Labute approximate surface area is 188 Å². The summed E-state index contributed by atoms with van der Waals surface area (Å²) in [6, 6.07) is 13.2. The van der Waals surface area contributed by atoms with Crippen molar-refractivity contribution in [1.82, 2.24) is 4.31 Å². The molecule has 1 N–H and O–H groups in total. The van der Waals surface area contributed by atoms with E-state index in [0.29, 0.717) is 25.9 Å². The van der Waals surface area contributed by atoms with Crippen LogP contribution in [0.4, 0.5) is 5.69 Å². The van der Waals surface area contributed by atoms with E-state index in [2.05, 4.69) is 43.8 Å². The molecular weight excluding hydrogens is 555 g/mol. The van der Waals surface area contributed by atoms with Gasteiger partial charge in [-0.2, -0.15) is 0 Å². The van der Waals surface area contributed by atoms with Crippen molar-refractivity contribution in [2.75, 3.05) is 18.4 Å². The lowest BCUT2D eigenvalue weighted by Gasteiger charge is -2.30. The van der Waals surface area contributed by atoms with E-state index in [-0.39, 0.29) is 17.6 Å². The standard InChI is InChI=1S/C20H22BrIN2O3S/c1-14-11-18(22)5-6-19(14)23-20(25)16-7-9-24(10-8-16)28(26,27)13-15-3-2-4-17(21)12-15/h2-6,11-12,16H,7-10,13H2,1H3,(H,23,25). The third kappa shape index (κ3) is 5.55. The van der Waals surface area contributed by atoms with Gasteiger partial charge in [-0.1, -0.05) is 28.1 Å². The lowest BCUT2D eigenvalue weighted by molar-refractivity contribution is -0.120. The quantitative estimate of drug-likeness (QED) is 0.531. The van der Waals surface area contributed by atoms with Gasteiger partial charge in [0.1, 0.15) is 0 Å². The van der Waals surface area contributed by atoms with E-state index < -0.39 is 10.0 Å². The molecule has 0 saturated carbocycles. The summed E-state index contributed by atoms with van der Waals surface area (Å²) in [7, 11) is -3.39. The fraction of sp³-hybridized carbons (Fsp3) is 0.350. The largest absolute Gasteiger partial charge is 0.326 e. The molecule has 2 aromatic carbocycles. The maximum Gasteiger partial charge on any atom is 0.227 e. The number of carbonyl (C=O) groups excluding carboxylic acids is 1. The summed E-state index contributed by atoms with van der Waals surface area (Å²) < 4.78 is 28.9. The van der Waals surface area contributed by atoms with Crippen LogP contribution in [0.2, 0.25) is 0 Å². The van der Waals surface area contributed by atoms with E-state index in [4.69, 9.17) is 0 Å². The molecule has 2 aromatic rings. The average Bonchev–Trinajstić information content (AvgIpc) is 2.64. The molecule has 1 aliphatic heterocycles. The minimum Gasteiger partial charge on any atom is -0.326 e. The molecule has 1 heterocycles. The van der Waals surface area contributed by atoms with Crippen LogP contribution in [0.1, 0.15) is 24.0 Å². The maximum absolute atomic E-state index is 12.7. The predicted octanol–water partition coefficient (Wildman–Crippen LogP) is 4.54. The summed E-state index contributed by atoms with van der Waals surface area (Å²) in [5, 5.41) is 2.99. The Bertz CT molecular complexity index is 973. The van der Waals surface area contributed by atoms with Crippen LogP contribution in [0.15, 0.2) is 46.9 Å². The van der Waals surface area contributed by atoms with Crippen molar-refractivity contribution in [2.24, 2.45) is 5.92 Å². The second-order valence-electron chi connectivity index (χ2n) is 7.01. The lowest BCUT2D eigenvalue weighted by atomic mass is 9.97. The Morgan fingerprint density at radius 2 is 1.93 bits per heavy atom. The van der Waals surface area contributed by atoms with Crippen molar-refractivity contribution >= 4 is 60.1 Å². The van der Waals surface area contributed by atoms with Gasteiger partial charge in [0.05, 0.1) is 5.75 Å². The summed E-state index contributed by atoms with van der Waals surface area (Å²) in [6.45, 7) is 2.72. The summed E-state index contributed by atoms with van der Waals surface area (Å²) in [6.07, 6.45) is 1.07. The Morgan fingerprint density at radius 3 is 2.57 bits per heavy atom. The number of hydrogen-bond acceptors (Lipinski definition) is 3. The predicted molar refractivity (Wildman–Crippen MR) is 124 cm³/mol. The first-order valence-electron chi connectivity index (χ1n) is 9.04. The number of halogens is 2. The maximum atomic E-state index is 12.7. The molecule has 28 heavy (non-hydrogen) atoms. The van der Waals surface area contributed by atoms with Gasteiger partial charge in [0.2, 0.25) is 15.9 Å². The van der Waals surface area contributed by atoms with Crippen molar-refractivity contribution < 1.29 is 13.2 Å². The normalized spacial score (nSPS) is 16.1. The second kappa shape index (κ2) is 9.23. The van der Waals surface area contributed by atoms with E-state index in [1.807, 2.05) is 49.4 Å². The Hall–Kier alpha value is -0.970. The molecule has 0 aliphatic carbocycles. The van der Waals surface area contributed by atoms with Gasteiger partial charge in [0, 0.05) is 32.7 Å². The Morgan fingerprint density at radius 1 is 1.21 bits per heavy atom. The molecule has 1 aliphatic rings. The fourth-order valence-corrected chi connectivity index (χ4v) is 5.97. The molecule has 0 spiro atoms. The third-order valence-corrected chi connectivity index (χ3v) is 7.92. The highest BCUT2D eigenvalue weighted by Gasteiger charge is 2.31. The second-order valence-corrected chi connectivity index (χ2v) is 11.1. The van der Waals surface area contributed by atoms with Crippen LogP contribution >= 0.6 is 38.5 Å². The van der Waals surface area contributed by atoms with E-state index in [9.17, 15) is 13.2 Å². The number of piperidine rings is 1. The number of hydrogen-bond donors (Lipinski definition) is 1. The van der Waals surface area contributed by atoms with Crippen LogP contribution < -0.4 is 5.32 Å². The topological polar surface area (TPSA) is 66.5 Å². The van der Waals surface area contributed by atoms with Crippen LogP contribution in [-0.4, -0.2) is 31.7 Å². The molecule has 0 radical (unpaired) electrons. The molecular formula is C20H22BrIN2O3S. The first-order valence-corrected chi connectivity index (χ1v) is 12.5. The molecule has 0 aromatic heterocycles. The molecule has 0 unspecified atom stereocenters. The van der Waals surface area contributed by atoms with Crippen LogP contribution in [-0.2, 0) is 20.6 Å². The SMILES string of the molecule is Cc1cc(I)ccc1NC(=O)C1CCN(S(=O)(=O)Cc2cccc(Br)c2)CC1. The zero-order valence-electron chi connectivity index (χ0n) is 15.5. The smallest absolute Gasteiger partial charge is 0.227 e. The number of anilines is 1. The van der Waals surface area contributed by atoms with Gasteiger partial charge in [-0.25, -0.2) is 12.7 Å². The molecule has 5 nitrogen and oxygen atoms in total. The van der Waals surface area contributed by atoms with Crippen LogP contribution in [0.3, 0.4) is 0 Å². The number of carbonyl (C=O) groups is 1. The summed E-state index contributed by atoms with van der Waals surface area (Å²) >= 11 is 5.61. The highest BCUT2D eigenvalue weighted by atomic mass is 127. The number of nitrogens with zero attached hydrogens (tertiary/aromatic N) is 1. The van der Waals surface area contributed by atoms with E-state index in [1.54, 1.807) is 0 Å². The van der Waals surface area contributed by atoms with Crippen molar-refractivity contribution in [3.8, 4) is 0 Å². The van der Waals surface area contributed by atoms with Gasteiger partial charge >= 0.3 is 0 Å². The number of sulfonamides is 1. The fourth-order valence-electron chi connectivity index (χ4n) is 3.33. The zero-order valence-corrected chi connectivity index (χ0v) is 20.1.